The first kappa shape index (κ1) is 21.9. The van der Waals surface area contributed by atoms with E-state index in [2.05, 4.69) is 18.2 Å². The number of nitrogens with two attached hydrogens (primary N) is 1. The summed E-state index contributed by atoms with van der Waals surface area (Å²) in [5.41, 5.74) is 11.8. The smallest absolute Gasteiger partial charge is 0.162 e. The lowest BCUT2D eigenvalue weighted by Crippen LogP contribution is -2.40. The van der Waals surface area contributed by atoms with Gasteiger partial charge in [0.25, 0.3) is 0 Å². The summed E-state index contributed by atoms with van der Waals surface area (Å²) >= 11 is 0. The van der Waals surface area contributed by atoms with Crippen molar-refractivity contribution in [3.8, 4) is 11.8 Å². The summed E-state index contributed by atoms with van der Waals surface area (Å²) in [6, 6.07) is 27.8. The molecule has 0 bridgehead atoms. The third-order valence-corrected chi connectivity index (χ3v) is 7.27. The van der Waals surface area contributed by atoms with Crippen LogP contribution >= 0.6 is 0 Å². The fraction of sp³-hybridized carbons (Fsp3) is 0.167. The number of Topliss-reactive ketones (excluding diaryl/α,β-unsaturated/α-hetero) is 1. The molecule has 176 valence electrons. The first-order valence-corrected chi connectivity index (χ1v) is 11.9. The van der Waals surface area contributed by atoms with Crippen molar-refractivity contribution in [1.29, 1.82) is 5.26 Å². The van der Waals surface area contributed by atoms with Gasteiger partial charge in [-0.1, -0.05) is 60.7 Å². The maximum Gasteiger partial charge on any atom is 0.162 e. The van der Waals surface area contributed by atoms with Crippen LogP contribution in [0.1, 0.15) is 41.4 Å². The van der Waals surface area contributed by atoms with Gasteiger partial charge in [-0.2, -0.15) is 5.26 Å². The molecule has 3 aromatic rings. The van der Waals surface area contributed by atoms with E-state index in [1.54, 1.807) is 7.11 Å². The molecule has 0 spiro atoms. The van der Waals surface area contributed by atoms with Gasteiger partial charge in [0, 0.05) is 28.8 Å². The Hall–Kier alpha value is -4.63. The van der Waals surface area contributed by atoms with Crippen LogP contribution in [0.4, 0.5) is 5.69 Å². The number of anilines is 1. The summed E-state index contributed by atoms with van der Waals surface area (Å²) in [5, 5.41) is 10.4. The number of aliphatic imine (C=N–C) groups is 1. The van der Waals surface area contributed by atoms with Crippen LogP contribution in [0.25, 0.3) is 0 Å². The van der Waals surface area contributed by atoms with Crippen LogP contribution in [-0.2, 0) is 4.79 Å². The molecule has 3 aliphatic rings. The molecule has 6 rings (SSSR count). The molecule has 3 aromatic carbocycles. The average Bonchev–Trinajstić information content (AvgIpc) is 2.92. The summed E-state index contributed by atoms with van der Waals surface area (Å²) < 4.78 is 5.67. The Balaban J connectivity index is 1.64. The van der Waals surface area contributed by atoms with Crippen LogP contribution < -0.4 is 15.4 Å². The standard InChI is InChI=1S/C30H24N4O2/c1-36-26-14-8-6-12-21(26)27-22(17-31)30-33-29(32)20-11-5-7-13-23(20)34(30)24-15-19(16-25(35)28(24)27)18-9-3-2-4-10-18/h2-14,19,27H,15-16H2,1H3,(H2,32,33)/t19-,27+/m1/s1. The second kappa shape index (κ2) is 8.54. The number of fused-ring (bicyclic) bond motifs is 4. The maximum absolute atomic E-state index is 14.0. The predicted molar refractivity (Wildman–Crippen MR) is 138 cm³/mol. The lowest BCUT2D eigenvalue weighted by Gasteiger charge is -2.43. The number of hydrogen-bond acceptors (Lipinski definition) is 6. The van der Waals surface area contributed by atoms with Gasteiger partial charge in [-0.25, -0.2) is 4.99 Å². The van der Waals surface area contributed by atoms with Crippen LogP contribution in [0.2, 0.25) is 0 Å². The molecule has 2 atom stereocenters. The molecule has 0 amide bonds. The number of allylic oxidation sites excluding steroid dienone is 3. The van der Waals surface area contributed by atoms with Crippen molar-refractivity contribution >= 4 is 17.3 Å². The number of nitrogens with zero attached hydrogens (tertiary/aromatic N) is 3. The Labute approximate surface area is 209 Å². The number of para-hydroxylation sites is 2. The lowest BCUT2D eigenvalue weighted by atomic mass is 9.71. The zero-order valence-corrected chi connectivity index (χ0v) is 19.8. The number of benzene rings is 3. The summed E-state index contributed by atoms with van der Waals surface area (Å²) in [7, 11) is 1.60. The van der Waals surface area contributed by atoms with Gasteiger partial charge in [-0.3, -0.25) is 9.69 Å². The Morgan fingerprint density at radius 1 is 1.00 bits per heavy atom. The van der Waals surface area contributed by atoms with E-state index in [1.807, 2.05) is 71.6 Å². The number of carbonyl (C=O) groups excluding carboxylic acids is 1. The molecular weight excluding hydrogens is 448 g/mol. The summed E-state index contributed by atoms with van der Waals surface area (Å²) in [6.07, 6.45) is 1.02. The number of carbonyl (C=O) groups is 1. The van der Waals surface area contributed by atoms with Crippen molar-refractivity contribution in [2.24, 2.45) is 10.7 Å². The van der Waals surface area contributed by atoms with E-state index in [4.69, 9.17) is 15.5 Å². The molecule has 2 heterocycles. The van der Waals surface area contributed by atoms with Crippen LogP contribution in [0, 0.1) is 11.3 Å². The van der Waals surface area contributed by atoms with E-state index >= 15 is 0 Å². The van der Waals surface area contributed by atoms with Crippen molar-refractivity contribution in [1.82, 2.24) is 0 Å². The number of hydrogen-bond donors (Lipinski definition) is 1. The zero-order chi connectivity index (χ0) is 24.8. The Morgan fingerprint density at radius 3 is 2.50 bits per heavy atom. The molecule has 0 saturated carbocycles. The fourth-order valence-electron chi connectivity index (χ4n) is 5.69. The number of methoxy groups -OCH3 is 1. The molecule has 0 aromatic heterocycles. The lowest BCUT2D eigenvalue weighted by molar-refractivity contribution is -0.116. The Bertz CT molecular complexity index is 1530. The van der Waals surface area contributed by atoms with E-state index in [1.165, 1.54) is 0 Å². The van der Waals surface area contributed by atoms with E-state index in [0.717, 1.165) is 28.1 Å². The van der Waals surface area contributed by atoms with E-state index in [9.17, 15) is 10.1 Å². The van der Waals surface area contributed by atoms with Gasteiger partial charge in [0.05, 0.1) is 30.4 Å². The first-order valence-electron chi connectivity index (χ1n) is 11.9. The molecule has 36 heavy (non-hydrogen) atoms. The molecule has 2 aliphatic heterocycles. The zero-order valence-electron chi connectivity index (χ0n) is 19.8. The summed E-state index contributed by atoms with van der Waals surface area (Å²) in [4.78, 5) is 20.7. The van der Waals surface area contributed by atoms with Crippen molar-refractivity contribution in [2.45, 2.75) is 24.7 Å². The molecule has 6 nitrogen and oxygen atoms in total. The van der Waals surface area contributed by atoms with Crippen LogP contribution in [-0.4, -0.2) is 18.7 Å². The van der Waals surface area contributed by atoms with Gasteiger partial charge in [0.2, 0.25) is 0 Å². The second-order valence-corrected chi connectivity index (χ2v) is 9.17. The number of ketones is 1. The SMILES string of the molecule is COc1ccccc1[C@H]1C(C#N)=C2N=C(N)c3ccccc3N2C2=C1C(=O)C[C@H](c1ccccc1)C2. The molecule has 0 unspecified atom stereocenters. The summed E-state index contributed by atoms with van der Waals surface area (Å²) in [6.45, 7) is 0. The quantitative estimate of drug-likeness (QED) is 0.569. The first-order chi connectivity index (χ1) is 17.6. The van der Waals surface area contributed by atoms with E-state index < -0.39 is 5.92 Å². The second-order valence-electron chi connectivity index (χ2n) is 9.17. The van der Waals surface area contributed by atoms with E-state index in [0.29, 0.717) is 41.4 Å². The van der Waals surface area contributed by atoms with Gasteiger partial charge < -0.3 is 10.5 Å². The molecule has 1 aliphatic carbocycles. The van der Waals surface area contributed by atoms with Crippen LogP contribution in [0.5, 0.6) is 5.75 Å². The third-order valence-electron chi connectivity index (χ3n) is 7.27. The number of rotatable bonds is 3. The molecular formula is C30H24N4O2. The van der Waals surface area contributed by atoms with Crippen molar-refractivity contribution in [2.75, 3.05) is 12.0 Å². The average molecular weight is 473 g/mol. The molecule has 2 N–H and O–H groups in total. The minimum absolute atomic E-state index is 0.0241. The molecule has 0 radical (unpaired) electrons. The Kier molecular flexibility index (Phi) is 5.19. The van der Waals surface area contributed by atoms with Gasteiger partial charge in [0.15, 0.2) is 11.6 Å². The monoisotopic (exact) mass is 472 g/mol. The highest BCUT2D eigenvalue weighted by molar-refractivity contribution is 6.08. The molecule has 6 heteroatoms. The third kappa shape index (κ3) is 3.24. The van der Waals surface area contributed by atoms with Gasteiger partial charge >= 0.3 is 0 Å². The van der Waals surface area contributed by atoms with Gasteiger partial charge in [-0.05, 0) is 36.1 Å². The number of amidine groups is 1. The van der Waals surface area contributed by atoms with Gasteiger partial charge in [0.1, 0.15) is 11.6 Å². The number of nitriles is 1. The van der Waals surface area contributed by atoms with Crippen molar-refractivity contribution in [3.05, 3.63) is 118 Å². The molecule has 0 fully saturated rings. The van der Waals surface area contributed by atoms with Gasteiger partial charge in [-0.15, -0.1) is 0 Å². The molecule has 0 saturated heterocycles. The van der Waals surface area contributed by atoms with Crippen LogP contribution in [0.3, 0.4) is 0 Å². The maximum atomic E-state index is 14.0. The normalized spacial score (nSPS) is 20.7. The minimum atomic E-state index is -0.585. The van der Waals surface area contributed by atoms with Crippen LogP contribution in [0.15, 0.2) is 107 Å². The largest absolute Gasteiger partial charge is 0.496 e. The number of ether oxygens (including phenoxy) is 1. The van der Waals surface area contributed by atoms with Crippen molar-refractivity contribution in [3.63, 3.8) is 0 Å². The topological polar surface area (TPSA) is 91.7 Å². The predicted octanol–water partition coefficient (Wildman–Crippen LogP) is 5.15. The van der Waals surface area contributed by atoms with Crippen molar-refractivity contribution < 1.29 is 9.53 Å². The highest BCUT2D eigenvalue weighted by Gasteiger charge is 2.45. The Morgan fingerprint density at radius 2 is 1.72 bits per heavy atom. The highest BCUT2D eigenvalue weighted by atomic mass is 16.5. The summed E-state index contributed by atoms with van der Waals surface area (Å²) in [5.74, 6) is 0.934. The fourth-order valence-corrected chi connectivity index (χ4v) is 5.69. The van der Waals surface area contributed by atoms with E-state index in [-0.39, 0.29) is 11.7 Å². The minimum Gasteiger partial charge on any atom is -0.496 e. The highest BCUT2D eigenvalue weighted by Crippen LogP contribution is 2.52.